The Morgan fingerprint density at radius 1 is 1.14 bits per heavy atom. The number of hydrogen-bond acceptors (Lipinski definition) is 3. The molecule has 0 saturated carbocycles. The summed E-state index contributed by atoms with van der Waals surface area (Å²) in [7, 11) is 0. The number of nitrogens with one attached hydrogen (secondary N) is 1. The van der Waals surface area contributed by atoms with Crippen molar-refractivity contribution in [2.75, 3.05) is 5.32 Å². The average molecular weight is 380 g/mol. The molecule has 0 unspecified atom stereocenters. The van der Waals surface area contributed by atoms with Gasteiger partial charge >= 0.3 is 5.97 Å². The standard InChI is InChI=1S/C21H24N4O3/c1-13-7-6-8-17(9-13)25-14(2)10-18(15(25)3)19(26)23-16-11-22-24(12-16)21(4,5)20(27)28/h6-12H,1-5H3,(H,23,26)(H,27,28). The van der Waals surface area contributed by atoms with Gasteiger partial charge in [0.15, 0.2) is 5.54 Å². The van der Waals surface area contributed by atoms with Crippen LogP contribution in [-0.4, -0.2) is 31.3 Å². The number of aryl methyl sites for hydroxylation is 2. The summed E-state index contributed by atoms with van der Waals surface area (Å²) in [5, 5.41) is 16.2. The number of aliphatic carboxylic acids is 1. The second kappa shape index (κ2) is 6.99. The van der Waals surface area contributed by atoms with Gasteiger partial charge in [0.25, 0.3) is 5.91 Å². The fraction of sp³-hybridized carbons (Fsp3) is 0.286. The van der Waals surface area contributed by atoms with E-state index in [1.165, 1.54) is 17.1 Å². The van der Waals surface area contributed by atoms with Gasteiger partial charge in [0, 0.05) is 23.3 Å². The predicted molar refractivity (Wildman–Crippen MR) is 107 cm³/mol. The largest absolute Gasteiger partial charge is 0.479 e. The van der Waals surface area contributed by atoms with Gasteiger partial charge in [0.05, 0.1) is 17.4 Å². The Bertz CT molecular complexity index is 1060. The first-order chi connectivity index (χ1) is 13.1. The second-order valence-corrected chi connectivity index (χ2v) is 7.45. The molecule has 0 saturated heterocycles. The first-order valence-corrected chi connectivity index (χ1v) is 8.97. The lowest BCUT2D eigenvalue weighted by atomic mass is 10.1. The number of carbonyl (C=O) groups excluding carboxylic acids is 1. The smallest absolute Gasteiger partial charge is 0.331 e. The topological polar surface area (TPSA) is 89.2 Å². The van der Waals surface area contributed by atoms with Gasteiger partial charge in [-0.2, -0.15) is 5.10 Å². The average Bonchev–Trinajstić information content (AvgIpc) is 3.19. The fourth-order valence-corrected chi connectivity index (χ4v) is 3.15. The Morgan fingerprint density at radius 3 is 2.50 bits per heavy atom. The van der Waals surface area contributed by atoms with Crippen molar-refractivity contribution in [3.05, 3.63) is 65.2 Å². The molecule has 1 aromatic carbocycles. The van der Waals surface area contributed by atoms with E-state index in [2.05, 4.69) is 16.5 Å². The normalized spacial score (nSPS) is 11.5. The number of carboxylic acids is 1. The zero-order valence-corrected chi connectivity index (χ0v) is 16.6. The van der Waals surface area contributed by atoms with Gasteiger partial charge in [-0.3, -0.25) is 9.48 Å². The van der Waals surface area contributed by atoms with E-state index in [0.29, 0.717) is 11.3 Å². The highest BCUT2D eigenvalue weighted by Gasteiger charge is 2.30. The molecule has 1 amide bonds. The maximum Gasteiger partial charge on any atom is 0.331 e. The fourth-order valence-electron chi connectivity index (χ4n) is 3.15. The van der Waals surface area contributed by atoms with Gasteiger partial charge in [-0.05, 0) is 58.4 Å². The van der Waals surface area contributed by atoms with Crippen LogP contribution in [0.4, 0.5) is 5.69 Å². The van der Waals surface area contributed by atoms with Crippen LogP contribution in [0.25, 0.3) is 5.69 Å². The highest BCUT2D eigenvalue weighted by molar-refractivity contribution is 6.05. The number of hydrogen-bond donors (Lipinski definition) is 2. The van der Waals surface area contributed by atoms with E-state index in [1.807, 2.05) is 49.6 Å². The van der Waals surface area contributed by atoms with Crippen LogP contribution in [0, 0.1) is 20.8 Å². The lowest BCUT2D eigenvalue weighted by molar-refractivity contribution is -0.146. The van der Waals surface area contributed by atoms with Crippen LogP contribution in [0.15, 0.2) is 42.7 Å². The maximum absolute atomic E-state index is 12.8. The van der Waals surface area contributed by atoms with Crippen molar-refractivity contribution in [2.45, 2.75) is 40.2 Å². The number of anilines is 1. The van der Waals surface area contributed by atoms with E-state index in [-0.39, 0.29) is 5.91 Å². The summed E-state index contributed by atoms with van der Waals surface area (Å²) in [5.74, 6) is -1.27. The molecular weight excluding hydrogens is 356 g/mol. The van der Waals surface area contributed by atoms with Crippen molar-refractivity contribution < 1.29 is 14.7 Å². The Balaban J connectivity index is 1.88. The van der Waals surface area contributed by atoms with E-state index < -0.39 is 11.5 Å². The second-order valence-electron chi connectivity index (χ2n) is 7.45. The molecular formula is C21H24N4O3. The van der Waals surface area contributed by atoms with Crippen LogP contribution >= 0.6 is 0 Å². The van der Waals surface area contributed by atoms with Crippen molar-refractivity contribution in [2.24, 2.45) is 0 Å². The molecule has 0 aliphatic carbocycles. The number of aromatic nitrogens is 3. The molecule has 3 rings (SSSR count). The van der Waals surface area contributed by atoms with Crippen molar-refractivity contribution in [1.82, 2.24) is 14.3 Å². The summed E-state index contributed by atoms with van der Waals surface area (Å²) in [6.45, 7) is 8.98. The first-order valence-electron chi connectivity index (χ1n) is 8.97. The van der Waals surface area contributed by atoms with E-state index in [9.17, 15) is 14.7 Å². The Hall–Kier alpha value is -3.35. The molecule has 0 fully saturated rings. The molecule has 3 aromatic rings. The zero-order valence-electron chi connectivity index (χ0n) is 16.6. The minimum atomic E-state index is -1.20. The maximum atomic E-state index is 12.8. The molecule has 146 valence electrons. The first kappa shape index (κ1) is 19.4. The molecule has 0 aliphatic rings. The minimum absolute atomic E-state index is 0.264. The third-order valence-electron chi connectivity index (χ3n) is 4.87. The molecule has 0 atom stereocenters. The minimum Gasteiger partial charge on any atom is -0.479 e. The monoisotopic (exact) mass is 380 g/mol. The summed E-state index contributed by atoms with van der Waals surface area (Å²) >= 11 is 0. The molecule has 7 heteroatoms. The highest BCUT2D eigenvalue weighted by atomic mass is 16.4. The van der Waals surface area contributed by atoms with Crippen LogP contribution in [-0.2, 0) is 10.3 Å². The predicted octanol–water partition coefficient (Wildman–Crippen LogP) is 3.67. The zero-order chi connectivity index (χ0) is 20.6. The molecule has 7 nitrogen and oxygen atoms in total. The van der Waals surface area contributed by atoms with Gasteiger partial charge in [0.1, 0.15) is 0 Å². The Kier molecular flexibility index (Phi) is 4.85. The lowest BCUT2D eigenvalue weighted by Gasteiger charge is -2.19. The molecule has 0 spiro atoms. The van der Waals surface area contributed by atoms with E-state index in [1.54, 1.807) is 13.8 Å². The molecule has 2 aromatic heterocycles. The number of nitrogens with zero attached hydrogens (tertiary/aromatic N) is 3. The van der Waals surface area contributed by atoms with E-state index in [0.717, 1.165) is 22.6 Å². The van der Waals surface area contributed by atoms with Crippen LogP contribution < -0.4 is 5.32 Å². The van der Waals surface area contributed by atoms with Gasteiger partial charge in [-0.1, -0.05) is 12.1 Å². The summed E-state index contributed by atoms with van der Waals surface area (Å²) in [6, 6.07) is 9.94. The Labute approximate surface area is 163 Å². The summed E-state index contributed by atoms with van der Waals surface area (Å²) in [5.41, 5.74) is 3.73. The van der Waals surface area contributed by atoms with Crippen molar-refractivity contribution in [3.8, 4) is 5.69 Å². The van der Waals surface area contributed by atoms with Crippen molar-refractivity contribution in [1.29, 1.82) is 0 Å². The molecule has 2 N–H and O–H groups in total. The lowest BCUT2D eigenvalue weighted by Crippen LogP contribution is -2.35. The molecule has 0 aliphatic heterocycles. The number of amides is 1. The van der Waals surface area contributed by atoms with Crippen LogP contribution in [0.2, 0.25) is 0 Å². The molecule has 2 heterocycles. The van der Waals surface area contributed by atoms with Crippen molar-refractivity contribution in [3.63, 3.8) is 0 Å². The summed E-state index contributed by atoms with van der Waals surface area (Å²) in [6.07, 6.45) is 2.97. The number of benzene rings is 1. The van der Waals surface area contributed by atoms with E-state index >= 15 is 0 Å². The van der Waals surface area contributed by atoms with Gasteiger partial charge < -0.3 is 15.0 Å². The van der Waals surface area contributed by atoms with Crippen LogP contribution in [0.5, 0.6) is 0 Å². The number of carbonyl (C=O) groups is 2. The van der Waals surface area contributed by atoms with Gasteiger partial charge in [-0.15, -0.1) is 0 Å². The SMILES string of the molecule is Cc1cccc(-n2c(C)cc(C(=O)Nc3cnn(C(C)(C)C(=O)O)c3)c2C)c1. The third-order valence-corrected chi connectivity index (χ3v) is 4.87. The molecule has 0 radical (unpaired) electrons. The van der Waals surface area contributed by atoms with Gasteiger partial charge in [0.2, 0.25) is 0 Å². The summed E-state index contributed by atoms with van der Waals surface area (Å²) in [4.78, 5) is 24.2. The van der Waals surface area contributed by atoms with Gasteiger partial charge in [-0.25, -0.2) is 4.79 Å². The molecule has 28 heavy (non-hydrogen) atoms. The highest BCUT2D eigenvalue weighted by Crippen LogP contribution is 2.23. The summed E-state index contributed by atoms with van der Waals surface area (Å²) < 4.78 is 3.36. The van der Waals surface area contributed by atoms with Crippen LogP contribution in [0.3, 0.4) is 0 Å². The van der Waals surface area contributed by atoms with E-state index in [4.69, 9.17) is 0 Å². The third kappa shape index (κ3) is 3.43. The number of rotatable bonds is 5. The van der Waals surface area contributed by atoms with Crippen LogP contribution in [0.1, 0.15) is 41.2 Å². The quantitative estimate of drug-likeness (QED) is 0.707. The Morgan fingerprint density at radius 2 is 1.86 bits per heavy atom. The van der Waals surface area contributed by atoms with Crippen molar-refractivity contribution >= 4 is 17.6 Å². The molecule has 0 bridgehead atoms. The number of carboxylic acid groups (broad SMARTS) is 1.